The van der Waals surface area contributed by atoms with Gasteiger partial charge in [0, 0.05) is 13.0 Å². The first kappa shape index (κ1) is 25.3. The topological polar surface area (TPSA) is 94.6 Å². The predicted octanol–water partition coefficient (Wildman–Crippen LogP) is 3.28. The Morgan fingerprint density at radius 1 is 1.27 bits per heavy atom. The number of benzene rings is 1. The van der Waals surface area contributed by atoms with Gasteiger partial charge in [-0.3, -0.25) is 9.59 Å². The Kier molecular flexibility index (Phi) is 7.92. The Morgan fingerprint density at radius 2 is 1.94 bits per heavy atom. The van der Waals surface area contributed by atoms with Crippen molar-refractivity contribution in [3.05, 3.63) is 41.0 Å². The summed E-state index contributed by atoms with van der Waals surface area (Å²) in [6, 6.07) is 6.76. The van der Waals surface area contributed by atoms with E-state index in [4.69, 9.17) is 0 Å². The molecule has 1 aromatic carbocycles. The fourth-order valence-corrected chi connectivity index (χ4v) is 5.15. The number of carbonyl (C=O) groups excluding carboxylic acids is 2. The number of aryl methyl sites for hydroxylation is 1. The number of likely N-dealkylation sites (N-methyl/N-ethyl adjacent to an activating group) is 1. The molecule has 1 aliphatic heterocycles. The third-order valence-electron chi connectivity index (χ3n) is 6.16. The Hall–Kier alpha value is -2.29. The SMILES string of the molecule is CCN[C@H](C(=O)N1C[C@H](O)C[C@H]1C(=O)N[C@@H](C)c1ccc(-c2scnc2C)cc1)C(C)(C)C. The highest BCUT2D eigenvalue weighted by Crippen LogP contribution is 2.29. The first-order valence-corrected chi connectivity index (χ1v) is 12.4. The molecule has 1 aliphatic rings. The highest BCUT2D eigenvalue weighted by atomic mass is 32.1. The quantitative estimate of drug-likeness (QED) is 0.575. The Bertz CT molecular complexity index is 967. The zero-order valence-electron chi connectivity index (χ0n) is 20.4. The first-order chi connectivity index (χ1) is 15.5. The number of likely N-dealkylation sites (tertiary alicyclic amines) is 1. The lowest BCUT2D eigenvalue weighted by molar-refractivity contribution is -0.142. The van der Waals surface area contributed by atoms with Crippen molar-refractivity contribution in [1.82, 2.24) is 20.5 Å². The molecule has 0 radical (unpaired) electrons. The number of aliphatic hydroxyl groups excluding tert-OH is 1. The molecule has 4 atom stereocenters. The molecule has 1 aromatic heterocycles. The van der Waals surface area contributed by atoms with Gasteiger partial charge < -0.3 is 20.6 Å². The molecule has 0 aliphatic carbocycles. The van der Waals surface area contributed by atoms with Crippen molar-refractivity contribution >= 4 is 23.2 Å². The van der Waals surface area contributed by atoms with Crippen LogP contribution in [0.25, 0.3) is 10.4 Å². The molecule has 0 spiro atoms. The van der Waals surface area contributed by atoms with Gasteiger partial charge in [-0.2, -0.15) is 0 Å². The summed E-state index contributed by atoms with van der Waals surface area (Å²) in [5.74, 6) is -0.378. The maximum Gasteiger partial charge on any atom is 0.243 e. The van der Waals surface area contributed by atoms with Gasteiger partial charge in [-0.1, -0.05) is 52.0 Å². The minimum absolute atomic E-state index is 0.141. The van der Waals surface area contributed by atoms with Crippen molar-refractivity contribution in [1.29, 1.82) is 0 Å². The van der Waals surface area contributed by atoms with Crippen molar-refractivity contribution < 1.29 is 14.7 Å². The van der Waals surface area contributed by atoms with Gasteiger partial charge in [0.05, 0.1) is 34.3 Å². The van der Waals surface area contributed by atoms with Crippen LogP contribution in [0.3, 0.4) is 0 Å². The molecule has 2 amide bonds. The number of hydrogen-bond acceptors (Lipinski definition) is 6. The van der Waals surface area contributed by atoms with Crippen LogP contribution in [0.5, 0.6) is 0 Å². The third-order valence-corrected chi connectivity index (χ3v) is 7.14. The summed E-state index contributed by atoms with van der Waals surface area (Å²) in [5.41, 5.74) is 4.61. The van der Waals surface area contributed by atoms with E-state index in [-0.39, 0.29) is 36.2 Å². The third kappa shape index (κ3) is 5.80. The van der Waals surface area contributed by atoms with Gasteiger partial charge in [0.15, 0.2) is 0 Å². The molecule has 1 fully saturated rings. The monoisotopic (exact) mass is 472 g/mol. The van der Waals surface area contributed by atoms with Crippen molar-refractivity contribution in [3.63, 3.8) is 0 Å². The van der Waals surface area contributed by atoms with Crippen LogP contribution in [0.15, 0.2) is 29.8 Å². The maximum atomic E-state index is 13.3. The van der Waals surface area contributed by atoms with Crippen molar-refractivity contribution in [2.24, 2.45) is 5.41 Å². The minimum Gasteiger partial charge on any atom is -0.391 e. The molecule has 33 heavy (non-hydrogen) atoms. The van der Waals surface area contributed by atoms with Crippen molar-refractivity contribution in [2.45, 2.75) is 72.2 Å². The fourth-order valence-electron chi connectivity index (χ4n) is 4.33. The number of rotatable bonds is 7. The summed E-state index contributed by atoms with van der Waals surface area (Å²) in [4.78, 5) is 33.5. The van der Waals surface area contributed by atoms with Gasteiger partial charge in [0.25, 0.3) is 0 Å². The molecular weight excluding hydrogens is 436 g/mol. The van der Waals surface area contributed by atoms with E-state index < -0.39 is 18.2 Å². The molecule has 0 bridgehead atoms. The average molecular weight is 473 g/mol. The van der Waals surface area contributed by atoms with Crippen LogP contribution >= 0.6 is 11.3 Å². The number of nitrogens with one attached hydrogen (secondary N) is 2. The molecule has 2 heterocycles. The normalized spacial score (nSPS) is 20.5. The number of aromatic nitrogens is 1. The van der Waals surface area contributed by atoms with E-state index in [1.165, 1.54) is 0 Å². The molecule has 180 valence electrons. The Morgan fingerprint density at radius 3 is 2.48 bits per heavy atom. The van der Waals surface area contributed by atoms with Gasteiger partial charge in [-0.25, -0.2) is 4.98 Å². The van der Waals surface area contributed by atoms with Gasteiger partial charge in [0.1, 0.15) is 6.04 Å². The van der Waals surface area contributed by atoms with Crippen molar-refractivity contribution in [3.8, 4) is 10.4 Å². The molecule has 0 unspecified atom stereocenters. The van der Waals surface area contributed by atoms with E-state index in [2.05, 4.69) is 15.6 Å². The first-order valence-electron chi connectivity index (χ1n) is 11.6. The minimum atomic E-state index is -0.704. The van der Waals surface area contributed by atoms with Crippen molar-refractivity contribution in [2.75, 3.05) is 13.1 Å². The lowest BCUT2D eigenvalue weighted by Gasteiger charge is -2.35. The van der Waals surface area contributed by atoms with Gasteiger partial charge in [0.2, 0.25) is 11.8 Å². The largest absolute Gasteiger partial charge is 0.391 e. The smallest absolute Gasteiger partial charge is 0.243 e. The van der Waals surface area contributed by atoms with Crippen LogP contribution < -0.4 is 10.6 Å². The number of β-amino-alcohol motifs (C(OH)–C–C–N with tert-alkyl or cyclic N) is 1. The lowest BCUT2D eigenvalue weighted by Crippen LogP contribution is -2.56. The number of nitrogens with zero attached hydrogens (tertiary/aromatic N) is 2. The summed E-state index contributed by atoms with van der Waals surface area (Å²) in [6.45, 7) is 12.7. The van der Waals surface area contributed by atoms with E-state index in [0.29, 0.717) is 6.54 Å². The Labute approximate surface area is 200 Å². The second-order valence-electron chi connectivity index (χ2n) is 9.87. The van der Waals surface area contributed by atoms with Gasteiger partial charge in [-0.05, 0) is 36.9 Å². The summed E-state index contributed by atoms with van der Waals surface area (Å²) < 4.78 is 0. The van der Waals surface area contributed by atoms with Crippen LogP contribution in [0.4, 0.5) is 0 Å². The highest BCUT2D eigenvalue weighted by Gasteiger charge is 2.43. The fraction of sp³-hybridized carbons (Fsp3) is 0.560. The number of amides is 2. The lowest BCUT2D eigenvalue weighted by atomic mass is 9.85. The molecule has 8 heteroatoms. The summed E-state index contributed by atoms with van der Waals surface area (Å²) >= 11 is 1.61. The van der Waals surface area contributed by atoms with Crippen LogP contribution in [0.2, 0.25) is 0 Å². The predicted molar refractivity (Wildman–Crippen MR) is 132 cm³/mol. The van der Waals surface area contributed by atoms with E-state index >= 15 is 0 Å². The van der Waals surface area contributed by atoms with E-state index in [1.807, 2.05) is 71.3 Å². The molecule has 7 nitrogen and oxygen atoms in total. The molecule has 3 rings (SSSR count). The summed E-state index contributed by atoms with van der Waals surface area (Å²) in [5, 5.41) is 16.6. The zero-order chi connectivity index (χ0) is 24.3. The molecule has 2 aromatic rings. The standard InChI is InChI=1S/C25H36N4O3S/c1-7-26-22(25(4,5)6)24(32)29-13-19(30)12-20(29)23(31)28-15(2)17-8-10-18(11-9-17)21-16(3)27-14-33-21/h8-11,14-15,19-20,22,26,30H,7,12-13H2,1-6H3,(H,28,31)/t15-,19+,20-,22+/m0/s1. The molecule has 1 saturated heterocycles. The van der Waals surface area contributed by atoms with E-state index in [0.717, 1.165) is 21.7 Å². The summed E-state index contributed by atoms with van der Waals surface area (Å²) in [6.07, 6.45) is -0.458. The average Bonchev–Trinajstić information content (AvgIpc) is 3.36. The molecule has 3 N–H and O–H groups in total. The maximum absolute atomic E-state index is 13.3. The molecular formula is C25H36N4O3S. The zero-order valence-corrected chi connectivity index (χ0v) is 21.2. The summed E-state index contributed by atoms with van der Waals surface area (Å²) in [7, 11) is 0. The van der Waals surface area contributed by atoms with Gasteiger partial charge >= 0.3 is 0 Å². The van der Waals surface area contributed by atoms with Crippen LogP contribution in [0.1, 0.15) is 58.3 Å². The Balaban J connectivity index is 1.71. The molecule has 0 saturated carbocycles. The van der Waals surface area contributed by atoms with E-state index in [9.17, 15) is 14.7 Å². The number of carbonyl (C=O) groups is 2. The second kappa shape index (κ2) is 10.3. The van der Waals surface area contributed by atoms with Crippen LogP contribution in [-0.4, -0.2) is 58.1 Å². The highest BCUT2D eigenvalue weighted by molar-refractivity contribution is 7.13. The van der Waals surface area contributed by atoms with E-state index in [1.54, 1.807) is 16.2 Å². The second-order valence-corrected chi connectivity index (χ2v) is 10.7. The number of aliphatic hydroxyl groups is 1. The van der Waals surface area contributed by atoms with Crippen LogP contribution in [0, 0.1) is 12.3 Å². The number of thiazole rings is 1. The number of hydrogen-bond donors (Lipinski definition) is 3. The van der Waals surface area contributed by atoms with Crippen LogP contribution in [-0.2, 0) is 9.59 Å². The van der Waals surface area contributed by atoms with Gasteiger partial charge in [-0.15, -0.1) is 11.3 Å².